The van der Waals surface area contributed by atoms with Crippen LogP contribution in [-0.4, -0.2) is 60.3 Å². The van der Waals surface area contributed by atoms with Gasteiger partial charge in [0.15, 0.2) is 0 Å². The molecule has 204 valence electrons. The average Bonchev–Trinajstić information content (AvgIpc) is 2.78. The summed E-state index contributed by atoms with van der Waals surface area (Å²) in [5, 5.41) is 3.05. The van der Waals surface area contributed by atoms with Crippen LogP contribution in [0, 0.1) is 0 Å². The van der Waals surface area contributed by atoms with Crippen molar-refractivity contribution in [2.45, 2.75) is 135 Å². The summed E-state index contributed by atoms with van der Waals surface area (Å²) in [5.41, 5.74) is 0. The topological polar surface area (TPSA) is 46.2 Å². The van der Waals surface area contributed by atoms with Crippen molar-refractivity contribution >= 4 is 16.7 Å². The summed E-state index contributed by atoms with van der Waals surface area (Å²) in [4.78, 5) is 11.9. The number of unbranched alkanes of at least 4 members (excludes halogenated alkanes) is 16. The summed E-state index contributed by atoms with van der Waals surface area (Å²) in [6.45, 7) is 4.17. The molecule has 5 heteroatoms. The van der Waals surface area contributed by atoms with Crippen LogP contribution in [0.25, 0.3) is 0 Å². The number of nitrogens with one attached hydrogen (secondary N) is 1. The van der Waals surface area contributed by atoms with Crippen LogP contribution in [0.3, 0.4) is 0 Å². The Bertz CT molecular complexity index is 477. The highest BCUT2D eigenvalue weighted by molar-refractivity contribution is 7.84. The minimum absolute atomic E-state index is 0.215. The van der Waals surface area contributed by atoms with E-state index in [2.05, 4.69) is 33.4 Å². The number of hydrogen-bond donors (Lipinski definition) is 1. The van der Waals surface area contributed by atoms with Crippen LogP contribution in [0.15, 0.2) is 0 Å². The molecule has 0 rings (SSSR count). The number of rotatable bonds is 26. The Labute approximate surface area is 216 Å². The molecule has 0 fully saturated rings. The largest absolute Gasteiger partial charge is 0.356 e. The summed E-state index contributed by atoms with van der Waals surface area (Å²) >= 11 is 0. The molecule has 0 bridgehead atoms. The zero-order valence-corrected chi connectivity index (χ0v) is 24.5. The second kappa shape index (κ2) is 24.3. The molecule has 0 saturated carbocycles. The second-order valence-electron chi connectivity index (χ2n) is 11.3. The molecular formula is C29H61N2O2S+. The Morgan fingerprint density at radius 2 is 1.03 bits per heavy atom. The fourth-order valence-corrected chi connectivity index (χ4v) is 5.59. The van der Waals surface area contributed by atoms with Gasteiger partial charge in [0.25, 0.3) is 0 Å². The Morgan fingerprint density at radius 3 is 1.47 bits per heavy atom. The van der Waals surface area contributed by atoms with Crippen LogP contribution in [0.1, 0.15) is 135 Å². The van der Waals surface area contributed by atoms with Crippen molar-refractivity contribution in [2.24, 2.45) is 0 Å². The van der Waals surface area contributed by atoms with Crippen LogP contribution >= 0.6 is 0 Å². The third kappa shape index (κ3) is 27.8. The quantitative estimate of drug-likeness (QED) is 0.0992. The normalized spacial score (nSPS) is 12.7. The molecule has 1 atom stereocenters. The van der Waals surface area contributed by atoms with Gasteiger partial charge in [-0.1, -0.05) is 103 Å². The van der Waals surface area contributed by atoms with E-state index in [1.807, 2.05) is 0 Å². The van der Waals surface area contributed by atoms with Crippen molar-refractivity contribution < 1.29 is 13.5 Å². The zero-order valence-electron chi connectivity index (χ0n) is 23.6. The van der Waals surface area contributed by atoms with E-state index in [-0.39, 0.29) is 5.91 Å². The first-order chi connectivity index (χ1) is 16.3. The van der Waals surface area contributed by atoms with E-state index in [1.165, 1.54) is 89.9 Å². The third-order valence-electron chi connectivity index (χ3n) is 6.58. The van der Waals surface area contributed by atoms with Gasteiger partial charge >= 0.3 is 0 Å². The molecule has 0 heterocycles. The van der Waals surface area contributed by atoms with Gasteiger partial charge in [-0.25, -0.2) is 0 Å². The number of hydrogen-bond acceptors (Lipinski definition) is 2. The van der Waals surface area contributed by atoms with Crippen LogP contribution in [-0.2, 0) is 15.6 Å². The van der Waals surface area contributed by atoms with Gasteiger partial charge in [0.2, 0.25) is 5.91 Å². The first-order valence-corrected chi connectivity index (χ1v) is 16.3. The maximum absolute atomic E-state index is 12.1. The summed E-state index contributed by atoms with van der Waals surface area (Å²) in [7, 11) is 5.95. The standard InChI is InChI=1S/C29H60N2O2S/c1-5-6-7-8-9-10-12-15-18-21-27-34(33)28-22-19-16-13-11-14-17-20-24-29(32)30-25-23-26-31(2,3)4/h5-28H2,1-4H3/p+1. The number of quaternary nitrogens is 1. The molecule has 1 unspecified atom stereocenters. The second-order valence-corrected chi connectivity index (χ2v) is 13.0. The van der Waals surface area contributed by atoms with Crippen LogP contribution in [0.4, 0.5) is 0 Å². The lowest BCUT2D eigenvalue weighted by Crippen LogP contribution is -2.37. The Balaban J connectivity index is 3.27. The van der Waals surface area contributed by atoms with Gasteiger partial charge in [-0.2, -0.15) is 0 Å². The van der Waals surface area contributed by atoms with Gasteiger partial charge in [-0.3, -0.25) is 9.00 Å². The predicted molar refractivity (Wildman–Crippen MR) is 152 cm³/mol. The molecule has 1 amide bonds. The van der Waals surface area contributed by atoms with Crippen LogP contribution < -0.4 is 5.32 Å². The maximum Gasteiger partial charge on any atom is 0.219 e. The summed E-state index contributed by atoms with van der Waals surface area (Å²) in [6, 6.07) is 0. The number of amides is 1. The van der Waals surface area contributed by atoms with Crippen molar-refractivity contribution in [1.82, 2.24) is 5.32 Å². The van der Waals surface area contributed by atoms with Gasteiger partial charge in [-0.15, -0.1) is 0 Å². The first-order valence-electron chi connectivity index (χ1n) is 14.8. The Morgan fingerprint density at radius 1 is 0.618 bits per heavy atom. The van der Waals surface area contributed by atoms with E-state index < -0.39 is 10.8 Å². The summed E-state index contributed by atoms with van der Waals surface area (Å²) < 4.78 is 13.1. The van der Waals surface area contributed by atoms with Crippen LogP contribution in [0.2, 0.25) is 0 Å². The van der Waals surface area contributed by atoms with Crippen molar-refractivity contribution in [3.05, 3.63) is 0 Å². The molecule has 0 spiro atoms. The fraction of sp³-hybridized carbons (Fsp3) is 0.966. The molecule has 1 N–H and O–H groups in total. The van der Waals surface area contributed by atoms with Gasteiger partial charge in [-0.05, 0) is 19.3 Å². The molecule has 4 nitrogen and oxygen atoms in total. The number of carbonyl (C=O) groups is 1. The highest BCUT2D eigenvalue weighted by Gasteiger charge is 2.07. The first kappa shape index (κ1) is 33.6. The molecule has 0 aliphatic heterocycles. The van der Waals surface area contributed by atoms with E-state index >= 15 is 0 Å². The van der Waals surface area contributed by atoms with Crippen molar-refractivity contribution in [3.8, 4) is 0 Å². The lowest BCUT2D eigenvalue weighted by atomic mass is 10.1. The number of nitrogens with zero attached hydrogens (tertiary/aromatic N) is 1. The summed E-state index contributed by atoms with van der Waals surface area (Å²) in [6.07, 6.45) is 24.7. The molecule has 0 radical (unpaired) electrons. The monoisotopic (exact) mass is 501 g/mol. The zero-order chi connectivity index (χ0) is 25.3. The van der Waals surface area contributed by atoms with E-state index in [1.54, 1.807) is 0 Å². The lowest BCUT2D eigenvalue weighted by Gasteiger charge is -2.23. The van der Waals surface area contributed by atoms with Crippen molar-refractivity contribution in [3.63, 3.8) is 0 Å². The average molecular weight is 502 g/mol. The number of carbonyl (C=O) groups excluding carboxylic acids is 1. The Kier molecular flexibility index (Phi) is 24.0. The van der Waals surface area contributed by atoms with E-state index in [9.17, 15) is 9.00 Å². The van der Waals surface area contributed by atoms with Crippen molar-refractivity contribution in [2.75, 3.05) is 45.7 Å². The van der Waals surface area contributed by atoms with Gasteiger partial charge in [0.1, 0.15) is 0 Å². The predicted octanol–water partition coefficient (Wildman–Crippen LogP) is 7.38. The van der Waals surface area contributed by atoms with E-state index in [0.29, 0.717) is 6.42 Å². The lowest BCUT2D eigenvalue weighted by molar-refractivity contribution is -0.870. The minimum atomic E-state index is -0.596. The molecule has 0 saturated heterocycles. The minimum Gasteiger partial charge on any atom is -0.356 e. The molecular weight excluding hydrogens is 440 g/mol. The molecule has 0 aliphatic carbocycles. The Hall–Kier alpha value is -0.420. The molecule has 0 aliphatic rings. The highest BCUT2D eigenvalue weighted by Crippen LogP contribution is 2.12. The molecule has 34 heavy (non-hydrogen) atoms. The maximum atomic E-state index is 12.1. The van der Waals surface area contributed by atoms with E-state index in [4.69, 9.17) is 0 Å². The van der Waals surface area contributed by atoms with E-state index in [0.717, 1.165) is 61.2 Å². The summed E-state index contributed by atoms with van der Waals surface area (Å²) in [5.74, 6) is 2.04. The molecule has 0 aromatic carbocycles. The highest BCUT2D eigenvalue weighted by atomic mass is 32.2. The molecule has 0 aromatic rings. The van der Waals surface area contributed by atoms with Crippen LogP contribution in [0.5, 0.6) is 0 Å². The molecule has 0 aromatic heterocycles. The smallest absolute Gasteiger partial charge is 0.219 e. The van der Waals surface area contributed by atoms with Crippen molar-refractivity contribution in [1.29, 1.82) is 0 Å². The van der Waals surface area contributed by atoms with Gasteiger partial charge in [0.05, 0.1) is 27.7 Å². The third-order valence-corrected chi connectivity index (χ3v) is 8.07. The SMILES string of the molecule is CCCCCCCCCCCCS(=O)CCCCCCCCCCC(=O)NCCC[N+](C)(C)C. The van der Waals surface area contributed by atoms with Gasteiger partial charge < -0.3 is 9.80 Å². The van der Waals surface area contributed by atoms with Gasteiger partial charge in [0, 0.05) is 41.7 Å². The fourth-order valence-electron chi connectivity index (χ4n) is 4.33.